The first-order chi connectivity index (χ1) is 15.1. The molecule has 31 heavy (non-hydrogen) atoms. The number of aromatic nitrogens is 3. The molecule has 6 heteroatoms. The van der Waals surface area contributed by atoms with Gasteiger partial charge in [0.2, 0.25) is 0 Å². The van der Waals surface area contributed by atoms with Crippen molar-refractivity contribution < 1.29 is 4.79 Å². The molecule has 0 unspecified atom stereocenters. The Morgan fingerprint density at radius 3 is 2.52 bits per heavy atom. The Morgan fingerprint density at radius 1 is 0.935 bits per heavy atom. The first-order valence-corrected chi connectivity index (χ1v) is 10.7. The topological polar surface area (TPSA) is 87.7 Å². The molecule has 2 saturated carbocycles. The lowest BCUT2D eigenvalue weighted by molar-refractivity contribution is -0.0197. The van der Waals surface area contributed by atoms with Gasteiger partial charge in [-0.25, -0.2) is 10.1 Å². The second kappa shape index (κ2) is 6.74. The van der Waals surface area contributed by atoms with Crippen LogP contribution in [-0.2, 0) is 0 Å². The minimum Gasteiger partial charge on any atom is -0.348 e. The first-order valence-electron chi connectivity index (χ1n) is 10.7. The molecule has 2 aromatic carbocycles. The van der Waals surface area contributed by atoms with Crippen molar-refractivity contribution in [2.45, 2.75) is 37.6 Å². The molecule has 6 nitrogen and oxygen atoms in total. The number of carbonyl (C=O) groups is 1. The van der Waals surface area contributed by atoms with E-state index in [0.717, 1.165) is 47.7 Å². The maximum Gasteiger partial charge on any atom is 0.272 e. The van der Waals surface area contributed by atoms with Crippen molar-refractivity contribution in [3.05, 3.63) is 82.4 Å². The van der Waals surface area contributed by atoms with Gasteiger partial charge in [0, 0.05) is 22.7 Å². The second-order valence-electron chi connectivity index (χ2n) is 9.06. The van der Waals surface area contributed by atoms with Crippen LogP contribution in [0.3, 0.4) is 0 Å². The predicted octanol–water partition coefficient (Wildman–Crippen LogP) is 3.93. The SMILES string of the molecule is O=C(NC1CC2(C1)CC(c1n[nH]c(=O)c3ccccc13)C2)c1ccc2ccccc2n1. The molecule has 2 N–H and O–H groups in total. The van der Waals surface area contributed by atoms with Crippen LogP contribution in [0.15, 0.2) is 65.5 Å². The molecule has 1 spiro atoms. The summed E-state index contributed by atoms with van der Waals surface area (Å²) in [6, 6.07) is 19.4. The van der Waals surface area contributed by atoms with Crippen LogP contribution in [0, 0.1) is 5.41 Å². The van der Waals surface area contributed by atoms with Gasteiger partial charge in [0.25, 0.3) is 11.5 Å². The van der Waals surface area contributed by atoms with Gasteiger partial charge in [0.05, 0.1) is 16.6 Å². The number of fused-ring (bicyclic) bond motifs is 2. The van der Waals surface area contributed by atoms with Crippen LogP contribution in [0.1, 0.15) is 47.8 Å². The van der Waals surface area contributed by atoms with Gasteiger partial charge >= 0.3 is 0 Å². The number of aromatic amines is 1. The molecule has 2 aromatic heterocycles. The average Bonchev–Trinajstić information content (AvgIpc) is 2.75. The number of nitrogens with one attached hydrogen (secondary N) is 2. The number of pyridine rings is 1. The number of nitrogens with zero attached hydrogens (tertiary/aromatic N) is 2. The third-order valence-electron chi connectivity index (χ3n) is 7.00. The van der Waals surface area contributed by atoms with Gasteiger partial charge in [0.15, 0.2) is 0 Å². The predicted molar refractivity (Wildman–Crippen MR) is 119 cm³/mol. The minimum absolute atomic E-state index is 0.102. The van der Waals surface area contributed by atoms with E-state index in [4.69, 9.17) is 0 Å². The van der Waals surface area contributed by atoms with Crippen molar-refractivity contribution in [2.75, 3.05) is 0 Å². The summed E-state index contributed by atoms with van der Waals surface area (Å²) in [5.74, 6) is 0.260. The standard InChI is InChI=1S/C25H22N4O2/c30-23-19-7-3-2-6-18(19)22(28-29-23)16-11-25(12-16)13-17(14-25)26-24(31)21-10-9-15-5-1-4-8-20(15)27-21/h1-10,16-17H,11-14H2,(H,26,31)(H,29,30). The third kappa shape index (κ3) is 3.02. The van der Waals surface area contributed by atoms with Gasteiger partial charge in [-0.3, -0.25) is 9.59 Å². The molecule has 0 radical (unpaired) electrons. The van der Waals surface area contributed by atoms with Crippen LogP contribution < -0.4 is 10.9 Å². The lowest BCUT2D eigenvalue weighted by Gasteiger charge is -2.57. The molecule has 2 heterocycles. The quantitative estimate of drug-likeness (QED) is 0.536. The van der Waals surface area contributed by atoms with Crippen LogP contribution in [0.4, 0.5) is 0 Å². The van der Waals surface area contributed by atoms with Crippen molar-refractivity contribution in [1.29, 1.82) is 0 Å². The fourth-order valence-electron chi connectivity index (χ4n) is 5.50. The summed E-state index contributed by atoms with van der Waals surface area (Å²) in [7, 11) is 0. The maximum absolute atomic E-state index is 12.7. The first kappa shape index (κ1) is 18.2. The van der Waals surface area contributed by atoms with Crippen molar-refractivity contribution in [1.82, 2.24) is 20.5 Å². The highest BCUT2D eigenvalue weighted by Crippen LogP contribution is 2.62. The fraction of sp³-hybridized carbons (Fsp3) is 0.280. The molecule has 154 valence electrons. The summed E-state index contributed by atoms with van der Waals surface area (Å²) in [6.07, 6.45) is 4.08. The third-order valence-corrected chi connectivity index (χ3v) is 7.00. The zero-order valence-electron chi connectivity index (χ0n) is 17.0. The van der Waals surface area contributed by atoms with Crippen molar-refractivity contribution in [2.24, 2.45) is 5.41 Å². The Kier molecular flexibility index (Phi) is 3.96. The van der Waals surface area contributed by atoms with E-state index in [9.17, 15) is 9.59 Å². The van der Waals surface area contributed by atoms with E-state index >= 15 is 0 Å². The summed E-state index contributed by atoms with van der Waals surface area (Å²) < 4.78 is 0. The Bertz CT molecular complexity index is 1380. The van der Waals surface area contributed by atoms with E-state index < -0.39 is 0 Å². The van der Waals surface area contributed by atoms with Gasteiger partial charge in [-0.2, -0.15) is 5.10 Å². The summed E-state index contributed by atoms with van der Waals surface area (Å²) in [4.78, 5) is 29.2. The highest BCUT2D eigenvalue weighted by Gasteiger charge is 2.54. The molecule has 4 aromatic rings. The lowest BCUT2D eigenvalue weighted by atomic mass is 9.49. The zero-order chi connectivity index (χ0) is 21.0. The van der Waals surface area contributed by atoms with Crippen LogP contribution in [-0.4, -0.2) is 27.1 Å². The second-order valence-corrected chi connectivity index (χ2v) is 9.06. The van der Waals surface area contributed by atoms with Crippen LogP contribution in [0.5, 0.6) is 0 Å². The molecule has 6 rings (SSSR count). The summed E-state index contributed by atoms with van der Waals surface area (Å²) in [6.45, 7) is 0. The van der Waals surface area contributed by atoms with Crippen LogP contribution >= 0.6 is 0 Å². The van der Waals surface area contributed by atoms with Gasteiger partial charge in [-0.05, 0) is 49.3 Å². The van der Waals surface area contributed by atoms with E-state index in [2.05, 4.69) is 20.5 Å². The molecule has 2 aliphatic rings. The molecular formula is C25H22N4O2. The van der Waals surface area contributed by atoms with Gasteiger partial charge < -0.3 is 5.32 Å². The summed E-state index contributed by atoms with van der Waals surface area (Å²) in [5, 5.41) is 12.9. The summed E-state index contributed by atoms with van der Waals surface area (Å²) in [5.41, 5.74) is 2.45. The monoisotopic (exact) mass is 410 g/mol. The normalized spacial score (nSPS) is 24.6. The maximum atomic E-state index is 12.7. The van der Waals surface area contributed by atoms with E-state index in [1.807, 2.05) is 54.6 Å². The zero-order valence-corrected chi connectivity index (χ0v) is 17.0. The Hall–Kier alpha value is -3.54. The number of H-pyrrole nitrogens is 1. The minimum atomic E-state index is -0.137. The van der Waals surface area contributed by atoms with Gasteiger partial charge in [-0.15, -0.1) is 0 Å². The van der Waals surface area contributed by atoms with Crippen LogP contribution in [0.25, 0.3) is 21.7 Å². The number of rotatable bonds is 3. The number of hydrogen-bond acceptors (Lipinski definition) is 4. The van der Waals surface area contributed by atoms with Crippen molar-refractivity contribution in [3.8, 4) is 0 Å². The molecule has 2 fully saturated rings. The summed E-state index contributed by atoms with van der Waals surface area (Å²) >= 11 is 0. The van der Waals surface area contributed by atoms with E-state index in [0.29, 0.717) is 22.4 Å². The van der Waals surface area contributed by atoms with Gasteiger partial charge in [-0.1, -0.05) is 42.5 Å². The fourth-order valence-corrected chi connectivity index (χ4v) is 5.50. The number of amides is 1. The molecule has 0 aliphatic heterocycles. The lowest BCUT2D eigenvalue weighted by Crippen LogP contribution is -2.55. The Balaban J connectivity index is 1.10. The highest BCUT2D eigenvalue weighted by molar-refractivity contribution is 5.95. The number of benzene rings is 2. The molecule has 0 saturated heterocycles. The average molecular weight is 410 g/mol. The smallest absolute Gasteiger partial charge is 0.272 e. The van der Waals surface area contributed by atoms with E-state index in [-0.39, 0.29) is 17.5 Å². The Morgan fingerprint density at radius 2 is 1.68 bits per heavy atom. The molecular weight excluding hydrogens is 388 g/mol. The van der Waals surface area contributed by atoms with Crippen LogP contribution in [0.2, 0.25) is 0 Å². The number of para-hydroxylation sites is 1. The van der Waals surface area contributed by atoms with Gasteiger partial charge in [0.1, 0.15) is 5.69 Å². The highest BCUT2D eigenvalue weighted by atomic mass is 16.2. The van der Waals surface area contributed by atoms with Crippen molar-refractivity contribution >= 4 is 27.6 Å². The molecule has 0 bridgehead atoms. The molecule has 2 aliphatic carbocycles. The van der Waals surface area contributed by atoms with E-state index in [1.54, 1.807) is 6.07 Å². The molecule has 1 amide bonds. The largest absolute Gasteiger partial charge is 0.348 e. The van der Waals surface area contributed by atoms with Crippen molar-refractivity contribution in [3.63, 3.8) is 0 Å². The molecule has 0 atom stereocenters. The number of hydrogen-bond donors (Lipinski definition) is 2. The van der Waals surface area contributed by atoms with E-state index in [1.165, 1.54) is 0 Å². The Labute approximate surface area is 178 Å². The number of carbonyl (C=O) groups excluding carboxylic acids is 1.